The lowest BCUT2D eigenvalue weighted by atomic mass is 10.3. The maximum absolute atomic E-state index is 13.8. The molecule has 0 spiro atoms. The van der Waals surface area contributed by atoms with Crippen molar-refractivity contribution >= 4 is 17.2 Å². The van der Waals surface area contributed by atoms with Gasteiger partial charge in [0, 0.05) is 5.38 Å². The van der Waals surface area contributed by atoms with E-state index in [-0.39, 0.29) is 12.4 Å². The van der Waals surface area contributed by atoms with E-state index >= 15 is 0 Å². The molecule has 0 unspecified atom stereocenters. The van der Waals surface area contributed by atoms with Gasteiger partial charge >= 0.3 is 0 Å². The van der Waals surface area contributed by atoms with Gasteiger partial charge in [-0.3, -0.25) is 0 Å². The average molecular weight is 268 g/mol. The molecule has 0 bridgehead atoms. The molecule has 0 amide bonds. The monoisotopic (exact) mass is 268 g/mol. The van der Waals surface area contributed by atoms with Gasteiger partial charge in [-0.05, 0) is 6.42 Å². The van der Waals surface area contributed by atoms with E-state index in [2.05, 4.69) is 20.3 Å². The van der Waals surface area contributed by atoms with Crippen LogP contribution in [0.1, 0.15) is 23.3 Å². The number of aryl methyl sites for hydroxylation is 1. The van der Waals surface area contributed by atoms with Crippen LogP contribution in [0.4, 0.5) is 10.2 Å². The quantitative estimate of drug-likeness (QED) is 0.864. The van der Waals surface area contributed by atoms with Crippen LogP contribution < -0.4 is 5.32 Å². The minimum atomic E-state index is -0.418. The lowest BCUT2D eigenvalue weighted by Gasteiger charge is -2.06. The molecule has 0 aliphatic carbocycles. The number of aliphatic hydroxyl groups is 1. The van der Waals surface area contributed by atoms with Gasteiger partial charge in [-0.15, -0.1) is 11.3 Å². The Morgan fingerprint density at radius 2 is 2.28 bits per heavy atom. The second kappa shape index (κ2) is 5.83. The summed E-state index contributed by atoms with van der Waals surface area (Å²) in [5.74, 6) is -0.235. The van der Waals surface area contributed by atoms with Crippen LogP contribution >= 0.6 is 11.3 Å². The first-order valence-corrected chi connectivity index (χ1v) is 6.40. The van der Waals surface area contributed by atoms with E-state index < -0.39 is 5.82 Å². The van der Waals surface area contributed by atoms with E-state index in [0.29, 0.717) is 24.4 Å². The number of rotatable bonds is 5. The number of anilines is 1. The Hall–Kier alpha value is -1.60. The minimum absolute atomic E-state index is 0.0850. The fourth-order valence-corrected chi connectivity index (χ4v) is 2.16. The first-order chi connectivity index (χ1) is 8.74. The lowest BCUT2D eigenvalue weighted by Crippen LogP contribution is -2.06. The largest absolute Gasteiger partial charge is 0.390 e. The van der Waals surface area contributed by atoms with E-state index in [0.717, 1.165) is 5.01 Å². The highest BCUT2D eigenvalue weighted by atomic mass is 32.1. The Balaban J connectivity index is 2.06. The Labute approximate surface area is 108 Å². The molecule has 18 heavy (non-hydrogen) atoms. The molecule has 0 aromatic carbocycles. The van der Waals surface area contributed by atoms with E-state index in [1.165, 1.54) is 17.7 Å². The third-order valence-corrected chi connectivity index (χ3v) is 3.26. The maximum atomic E-state index is 13.8. The van der Waals surface area contributed by atoms with Gasteiger partial charge < -0.3 is 10.4 Å². The smallest absolute Gasteiger partial charge is 0.186 e. The zero-order valence-electron chi connectivity index (χ0n) is 9.85. The summed E-state index contributed by atoms with van der Waals surface area (Å²) in [6.07, 6.45) is 1.86. The average Bonchev–Trinajstić information content (AvgIpc) is 2.85. The predicted octanol–water partition coefficient (Wildman–Crippen LogP) is 1.74. The number of aromatic nitrogens is 3. The number of halogens is 1. The van der Waals surface area contributed by atoms with Crippen LogP contribution in [0.5, 0.6) is 0 Å². The summed E-state index contributed by atoms with van der Waals surface area (Å²) < 4.78 is 13.8. The van der Waals surface area contributed by atoms with Gasteiger partial charge in [0.1, 0.15) is 11.3 Å². The van der Waals surface area contributed by atoms with Crippen molar-refractivity contribution in [3.63, 3.8) is 0 Å². The van der Waals surface area contributed by atoms with Crippen molar-refractivity contribution in [2.45, 2.75) is 26.5 Å². The Bertz CT molecular complexity index is 532. The van der Waals surface area contributed by atoms with Gasteiger partial charge in [-0.2, -0.15) is 0 Å². The molecule has 0 aliphatic heterocycles. The van der Waals surface area contributed by atoms with Gasteiger partial charge in [0.25, 0.3) is 0 Å². The molecular formula is C11H13FN4OS. The molecule has 0 aliphatic rings. The SMILES string of the molecule is CCc1ncnc(NCc2nc(CO)cs2)c1F. The third-order valence-electron chi connectivity index (χ3n) is 2.36. The van der Waals surface area contributed by atoms with E-state index in [9.17, 15) is 4.39 Å². The van der Waals surface area contributed by atoms with E-state index in [1.807, 2.05) is 6.92 Å². The fourth-order valence-electron chi connectivity index (χ4n) is 1.44. The topological polar surface area (TPSA) is 70.9 Å². The second-order valence-corrected chi connectivity index (χ2v) is 4.52. The summed E-state index contributed by atoms with van der Waals surface area (Å²) in [5, 5.41) is 14.3. The van der Waals surface area contributed by atoms with Crippen molar-refractivity contribution in [1.29, 1.82) is 0 Å². The number of aliphatic hydroxyl groups excluding tert-OH is 1. The number of hydrogen-bond acceptors (Lipinski definition) is 6. The minimum Gasteiger partial charge on any atom is -0.390 e. The second-order valence-electron chi connectivity index (χ2n) is 3.58. The molecule has 5 nitrogen and oxygen atoms in total. The molecule has 2 rings (SSSR count). The number of nitrogens with zero attached hydrogens (tertiary/aromatic N) is 3. The van der Waals surface area contributed by atoms with Gasteiger partial charge in [0.15, 0.2) is 11.6 Å². The van der Waals surface area contributed by atoms with E-state index in [1.54, 1.807) is 5.38 Å². The maximum Gasteiger partial charge on any atom is 0.186 e. The molecular weight excluding hydrogens is 255 g/mol. The first-order valence-electron chi connectivity index (χ1n) is 5.52. The van der Waals surface area contributed by atoms with Crippen LogP contribution in [-0.4, -0.2) is 20.1 Å². The highest BCUT2D eigenvalue weighted by Crippen LogP contribution is 2.16. The summed E-state index contributed by atoms with van der Waals surface area (Å²) in [5.41, 5.74) is 1.01. The molecule has 0 radical (unpaired) electrons. The highest BCUT2D eigenvalue weighted by molar-refractivity contribution is 7.09. The molecule has 2 heterocycles. The number of nitrogens with one attached hydrogen (secondary N) is 1. The van der Waals surface area contributed by atoms with Crippen molar-refractivity contribution in [3.05, 3.63) is 33.9 Å². The predicted molar refractivity (Wildman–Crippen MR) is 66.7 cm³/mol. The summed E-state index contributed by atoms with van der Waals surface area (Å²) >= 11 is 1.41. The standard InChI is InChI=1S/C11H13FN4OS/c1-2-8-10(12)11(15-6-14-8)13-3-9-16-7(4-17)5-18-9/h5-6,17H,2-4H2,1H3,(H,13,14,15). The molecule has 0 atom stereocenters. The summed E-state index contributed by atoms with van der Waals surface area (Å²) in [6.45, 7) is 2.13. The van der Waals surface area contributed by atoms with Gasteiger partial charge in [-0.1, -0.05) is 6.92 Å². The number of hydrogen-bond donors (Lipinski definition) is 2. The zero-order chi connectivity index (χ0) is 13.0. The lowest BCUT2D eigenvalue weighted by molar-refractivity contribution is 0.277. The highest BCUT2D eigenvalue weighted by Gasteiger charge is 2.09. The van der Waals surface area contributed by atoms with Gasteiger partial charge in [0.2, 0.25) is 0 Å². The van der Waals surface area contributed by atoms with Crippen molar-refractivity contribution in [2.75, 3.05) is 5.32 Å². The third kappa shape index (κ3) is 2.80. The van der Waals surface area contributed by atoms with Crippen molar-refractivity contribution in [2.24, 2.45) is 0 Å². The molecule has 2 aromatic rings. The first kappa shape index (κ1) is 12.8. The molecule has 0 fully saturated rings. The van der Waals surface area contributed by atoms with Gasteiger partial charge in [-0.25, -0.2) is 19.3 Å². The summed E-state index contributed by atoms with van der Waals surface area (Å²) in [7, 11) is 0. The Morgan fingerprint density at radius 1 is 1.44 bits per heavy atom. The normalized spacial score (nSPS) is 10.6. The van der Waals surface area contributed by atoms with Crippen LogP contribution in [0.3, 0.4) is 0 Å². The van der Waals surface area contributed by atoms with Crippen LogP contribution in [0.25, 0.3) is 0 Å². The summed E-state index contributed by atoms with van der Waals surface area (Å²) in [4.78, 5) is 11.9. The number of thiazole rings is 1. The fraction of sp³-hybridized carbons (Fsp3) is 0.364. The van der Waals surface area contributed by atoms with Crippen LogP contribution in [0.2, 0.25) is 0 Å². The molecule has 2 aromatic heterocycles. The molecule has 0 saturated carbocycles. The Kier molecular flexibility index (Phi) is 4.16. The Morgan fingerprint density at radius 3 is 2.94 bits per heavy atom. The van der Waals surface area contributed by atoms with Crippen molar-refractivity contribution in [1.82, 2.24) is 15.0 Å². The van der Waals surface area contributed by atoms with Gasteiger partial charge in [0.05, 0.1) is 24.5 Å². The van der Waals surface area contributed by atoms with Crippen LogP contribution in [0, 0.1) is 5.82 Å². The van der Waals surface area contributed by atoms with Crippen LogP contribution in [-0.2, 0) is 19.6 Å². The molecule has 0 saturated heterocycles. The van der Waals surface area contributed by atoms with Crippen molar-refractivity contribution in [3.8, 4) is 0 Å². The van der Waals surface area contributed by atoms with E-state index in [4.69, 9.17) is 5.11 Å². The van der Waals surface area contributed by atoms with Crippen LogP contribution in [0.15, 0.2) is 11.7 Å². The molecule has 2 N–H and O–H groups in total. The summed E-state index contributed by atoms with van der Waals surface area (Å²) in [6, 6.07) is 0. The van der Waals surface area contributed by atoms with Crippen molar-refractivity contribution < 1.29 is 9.50 Å². The molecule has 96 valence electrons. The molecule has 7 heteroatoms. The zero-order valence-corrected chi connectivity index (χ0v) is 10.7.